The summed E-state index contributed by atoms with van der Waals surface area (Å²) in [5, 5.41) is 10.6. The molecule has 0 saturated carbocycles. The van der Waals surface area contributed by atoms with E-state index in [2.05, 4.69) is 386 Å². The maximum atomic E-state index is 2.44. The second-order valence-corrected chi connectivity index (χ2v) is 24.4. The van der Waals surface area contributed by atoms with Crippen LogP contribution in [0.1, 0.15) is 40.2 Å². The number of benzene rings is 12. The molecule has 93 heavy (non-hydrogen) atoms. The third-order valence-corrected chi connectivity index (χ3v) is 18.5. The van der Waals surface area contributed by atoms with Crippen molar-refractivity contribution in [2.45, 2.75) is 53.2 Å². The predicted molar refractivity (Wildman–Crippen MR) is 403 cm³/mol. The molecule has 16 rings (SSSR count). The van der Waals surface area contributed by atoms with Crippen molar-refractivity contribution in [1.29, 1.82) is 0 Å². The zero-order valence-electron chi connectivity index (χ0n) is 55.0. The minimum Gasteiger partial charge on any atom is -0.345 e. The van der Waals surface area contributed by atoms with Crippen LogP contribution in [0.5, 0.6) is 0 Å². The monoisotopic (exact) mass is 1210 g/mol. The molecule has 462 valence electrons. The Labute approximate surface area is 547 Å². The van der Waals surface area contributed by atoms with Crippen molar-refractivity contribution in [3.63, 3.8) is 0 Å². The lowest BCUT2D eigenvalue weighted by atomic mass is 10.1. The van der Waals surface area contributed by atoms with Crippen molar-refractivity contribution < 1.29 is 0 Å². The summed E-state index contributed by atoms with van der Waals surface area (Å²) < 4.78 is 9.52. The van der Waals surface area contributed by atoms with Gasteiger partial charge in [0.05, 0.1) is 0 Å². The quantitative estimate of drug-likeness (QED) is 0.122. The molecule has 0 saturated heterocycles. The van der Waals surface area contributed by atoms with E-state index in [1.807, 2.05) is 6.07 Å². The second kappa shape index (κ2) is 26.9. The van der Waals surface area contributed by atoms with E-state index in [1.165, 1.54) is 133 Å². The van der Waals surface area contributed by atoms with Gasteiger partial charge < -0.3 is 37.9 Å². The average Bonchev–Trinajstić information content (AvgIpc) is 1.64. The van der Waals surface area contributed by atoms with Gasteiger partial charge in [0.15, 0.2) is 0 Å². The van der Waals surface area contributed by atoms with Gasteiger partial charge in [-0.25, -0.2) is 0 Å². The minimum atomic E-state index is 0.435. The molecule has 0 unspecified atom stereocenters. The molecule has 0 aliphatic carbocycles. The summed E-state index contributed by atoms with van der Waals surface area (Å²) in [6.45, 7) is 11.0. The molecular formula is C85H82N8. The highest BCUT2D eigenvalue weighted by Crippen LogP contribution is 2.39. The van der Waals surface area contributed by atoms with E-state index in [0.29, 0.717) is 6.04 Å². The van der Waals surface area contributed by atoms with Gasteiger partial charge >= 0.3 is 0 Å². The largest absolute Gasteiger partial charge is 0.345 e. The van der Waals surface area contributed by atoms with Crippen LogP contribution in [0.15, 0.2) is 291 Å². The molecule has 8 nitrogen and oxygen atoms in total. The van der Waals surface area contributed by atoms with Gasteiger partial charge in [-0.05, 0) is 173 Å². The van der Waals surface area contributed by atoms with Crippen LogP contribution in [0.3, 0.4) is 0 Å². The van der Waals surface area contributed by atoms with Crippen molar-refractivity contribution in [3.05, 3.63) is 291 Å². The Kier molecular flexibility index (Phi) is 17.6. The van der Waals surface area contributed by atoms with Gasteiger partial charge in [-0.2, -0.15) is 0 Å². The van der Waals surface area contributed by atoms with Crippen molar-refractivity contribution in [2.24, 2.45) is 7.05 Å². The molecule has 4 heterocycles. The Balaban J connectivity index is 0.000000113. The number of fused-ring (bicyclic) bond motifs is 12. The lowest BCUT2D eigenvalue weighted by molar-refractivity contribution is 0.642. The van der Waals surface area contributed by atoms with Crippen molar-refractivity contribution in [1.82, 2.24) is 18.3 Å². The van der Waals surface area contributed by atoms with Gasteiger partial charge in [0.1, 0.15) is 0 Å². The van der Waals surface area contributed by atoms with Gasteiger partial charge in [-0.1, -0.05) is 153 Å². The van der Waals surface area contributed by atoms with Crippen LogP contribution in [0.2, 0.25) is 0 Å². The summed E-state index contributed by atoms with van der Waals surface area (Å²) in [5.41, 5.74) is 20.1. The summed E-state index contributed by atoms with van der Waals surface area (Å²) in [4.78, 5) is 8.94. The van der Waals surface area contributed by atoms with Crippen LogP contribution in [-0.4, -0.2) is 46.5 Å². The van der Waals surface area contributed by atoms with Crippen LogP contribution >= 0.6 is 0 Å². The second-order valence-electron chi connectivity index (χ2n) is 24.4. The molecular weight excluding hydrogens is 1130 g/mol. The van der Waals surface area contributed by atoms with Crippen molar-refractivity contribution >= 4 is 133 Å². The number of para-hydroxylation sites is 8. The summed E-state index contributed by atoms with van der Waals surface area (Å²) >= 11 is 0. The fraction of sp³-hybridized carbons (Fsp3) is 0.153. The first-order valence-electron chi connectivity index (χ1n) is 32.7. The van der Waals surface area contributed by atoms with Gasteiger partial charge in [0, 0.05) is 187 Å². The predicted octanol–water partition coefficient (Wildman–Crippen LogP) is 22.8. The molecule has 0 atom stereocenters. The minimum absolute atomic E-state index is 0.435. The summed E-state index contributed by atoms with van der Waals surface area (Å²) in [7, 11) is 10.6. The average molecular weight is 1220 g/mol. The summed E-state index contributed by atoms with van der Waals surface area (Å²) in [6, 6.07) is 104. The highest BCUT2D eigenvalue weighted by atomic mass is 15.1. The van der Waals surface area contributed by atoms with E-state index >= 15 is 0 Å². The molecule has 8 heteroatoms. The van der Waals surface area contributed by atoms with Gasteiger partial charge in [-0.15, -0.1) is 0 Å². The number of anilines is 8. The highest BCUT2D eigenvalue weighted by molar-refractivity contribution is 6.12. The van der Waals surface area contributed by atoms with E-state index < -0.39 is 0 Å². The Bertz CT molecular complexity index is 5210. The van der Waals surface area contributed by atoms with E-state index in [-0.39, 0.29) is 0 Å². The zero-order valence-corrected chi connectivity index (χ0v) is 55.0. The lowest BCUT2D eigenvalue weighted by Crippen LogP contribution is -2.09. The normalized spacial score (nSPS) is 11.3. The lowest BCUT2D eigenvalue weighted by Gasteiger charge is -2.20. The Morgan fingerprint density at radius 1 is 0.269 bits per heavy atom. The van der Waals surface area contributed by atoms with E-state index in [4.69, 9.17) is 0 Å². The molecule has 0 N–H and O–H groups in total. The molecule has 0 aliphatic rings. The van der Waals surface area contributed by atoms with E-state index in [0.717, 1.165) is 19.5 Å². The number of aromatic nitrogens is 4. The van der Waals surface area contributed by atoms with Gasteiger partial charge in [-0.3, -0.25) is 0 Å². The van der Waals surface area contributed by atoms with E-state index in [9.17, 15) is 0 Å². The summed E-state index contributed by atoms with van der Waals surface area (Å²) in [5.74, 6) is 0. The SMILES string of the molecule is CC(C)n1c2ccccc2c2cc(N(C)c3ccccc3)ccc21.CCCn1c2ccccc2c2cc(N(C)c3ccccc3)ccc21.CCn1c2ccccc2c2cc(N(C)c3ccccc3)ccc21.CN(c1ccccc1)c1ccc2c(c1)c1ccccc1n2C. The maximum absolute atomic E-state index is 2.44. The first kappa shape index (κ1) is 60.9. The summed E-state index contributed by atoms with van der Waals surface area (Å²) in [6.07, 6.45) is 1.14. The molecule has 0 spiro atoms. The highest BCUT2D eigenvalue weighted by Gasteiger charge is 2.17. The fourth-order valence-electron chi connectivity index (χ4n) is 13.6. The fourth-order valence-corrected chi connectivity index (χ4v) is 13.6. The number of hydrogen-bond acceptors (Lipinski definition) is 4. The number of hydrogen-bond donors (Lipinski definition) is 0. The topological polar surface area (TPSA) is 32.7 Å². The zero-order chi connectivity index (χ0) is 64.1. The van der Waals surface area contributed by atoms with Crippen molar-refractivity contribution in [2.75, 3.05) is 47.8 Å². The smallest absolute Gasteiger partial charge is 0.0495 e. The molecule has 0 bridgehead atoms. The third kappa shape index (κ3) is 11.9. The molecule has 0 radical (unpaired) electrons. The number of nitrogens with zero attached hydrogens (tertiary/aromatic N) is 8. The van der Waals surface area contributed by atoms with Crippen LogP contribution in [0, 0.1) is 0 Å². The Morgan fingerprint density at radius 3 is 0.914 bits per heavy atom. The van der Waals surface area contributed by atoms with Crippen LogP contribution in [0.25, 0.3) is 87.2 Å². The Hall–Kier alpha value is -11.0. The van der Waals surface area contributed by atoms with Crippen molar-refractivity contribution in [3.8, 4) is 0 Å². The van der Waals surface area contributed by atoms with Gasteiger partial charge in [0.2, 0.25) is 0 Å². The number of rotatable bonds is 12. The van der Waals surface area contributed by atoms with Gasteiger partial charge in [0.25, 0.3) is 0 Å². The third-order valence-electron chi connectivity index (χ3n) is 18.5. The molecule has 4 aromatic heterocycles. The number of aryl methyl sites for hydroxylation is 3. The molecule has 12 aromatic carbocycles. The molecule has 0 amide bonds. The standard InChI is InChI=1S/2C22H22N2.C21H20N2.C20H18N2/c1-16(2)24-21-12-8-7-11-19(21)20-15-18(13-14-22(20)24)23(3)17-9-5-4-6-10-17;1-3-15-24-21-12-8-7-11-19(21)20-16-18(13-14-22(20)24)23(2)17-9-5-4-6-10-17;1-3-23-20-12-8-7-11-18(20)19-15-17(13-14-21(19)23)22(2)16-9-5-4-6-10-16;1-21(15-8-4-3-5-9-15)16-12-13-20-18(14-16)17-10-6-7-11-19(17)22(20)2/h4-16H,1-3H3;4-14,16H,3,15H2,1-2H3;4-15H,3H2,1-2H3;3-14H,1-2H3. The first-order chi connectivity index (χ1) is 45.5. The molecule has 16 aromatic rings. The molecule has 0 fully saturated rings. The Morgan fingerprint density at radius 2 is 0.527 bits per heavy atom. The first-order valence-corrected chi connectivity index (χ1v) is 32.7. The van der Waals surface area contributed by atoms with Crippen LogP contribution < -0.4 is 19.6 Å². The maximum Gasteiger partial charge on any atom is 0.0495 e. The van der Waals surface area contributed by atoms with Crippen LogP contribution in [-0.2, 0) is 20.1 Å². The van der Waals surface area contributed by atoms with Crippen LogP contribution in [0.4, 0.5) is 45.5 Å². The van der Waals surface area contributed by atoms with E-state index in [1.54, 1.807) is 0 Å². The molecule has 0 aliphatic heterocycles.